The lowest BCUT2D eigenvalue weighted by atomic mass is 9.79. The molecule has 1 atom stereocenters. The van der Waals surface area contributed by atoms with Crippen molar-refractivity contribution in [2.24, 2.45) is 5.73 Å². The molecule has 0 aromatic heterocycles. The first-order chi connectivity index (χ1) is 8.08. The average Bonchev–Trinajstić information content (AvgIpc) is 2.32. The van der Waals surface area contributed by atoms with Crippen LogP contribution in [0.25, 0.3) is 0 Å². The molecule has 0 amide bonds. The summed E-state index contributed by atoms with van der Waals surface area (Å²) in [4.78, 5) is 18.2. The van der Waals surface area contributed by atoms with Gasteiger partial charge in [-0.05, 0) is 17.4 Å². The number of hydrogen-bond acceptors (Lipinski definition) is 6. The van der Waals surface area contributed by atoms with Crippen LogP contribution >= 0.6 is 0 Å². The Morgan fingerprint density at radius 2 is 1.82 bits per heavy atom. The molecule has 0 saturated heterocycles. The summed E-state index contributed by atoms with van der Waals surface area (Å²) in [5.41, 5.74) is 6.45. The molecule has 1 aromatic carbocycles. The van der Waals surface area contributed by atoms with Crippen LogP contribution in [-0.2, 0) is 20.8 Å². The molecule has 7 nitrogen and oxygen atoms in total. The maximum atomic E-state index is 10.5. The Hall–Kier alpha value is -1.45. The molecule has 1 aromatic rings. The summed E-state index contributed by atoms with van der Waals surface area (Å²) in [5, 5.41) is 25.4. The molecule has 0 fully saturated rings. The normalized spacial score (nSPS) is 12.2. The van der Waals surface area contributed by atoms with Crippen LogP contribution in [0.2, 0.25) is 0 Å². The van der Waals surface area contributed by atoms with Crippen LogP contribution in [0, 0.1) is 0 Å². The third kappa shape index (κ3) is 3.81. The lowest BCUT2D eigenvalue weighted by molar-refractivity contribution is -0.221. The molecular weight excluding hydrogens is 229 g/mol. The van der Waals surface area contributed by atoms with Crippen molar-refractivity contribution in [3.05, 3.63) is 29.8 Å². The number of benzene rings is 1. The summed E-state index contributed by atoms with van der Waals surface area (Å²) < 4.78 is 0. The Bertz CT molecular complexity index is 366. The number of carboxylic acid groups (broad SMARTS) is 1. The molecule has 8 heteroatoms. The van der Waals surface area contributed by atoms with Gasteiger partial charge in [-0.3, -0.25) is 24.9 Å². The van der Waals surface area contributed by atoms with Gasteiger partial charge < -0.3 is 10.8 Å². The molecule has 0 heterocycles. The van der Waals surface area contributed by atoms with Gasteiger partial charge >= 0.3 is 13.1 Å². The molecule has 0 aliphatic carbocycles. The van der Waals surface area contributed by atoms with Gasteiger partial charge in [-0.25, -0.2) is 0 Å². The van der Waals surface area contributed by atoms with Crippen LogP contribution in [0.5, 0.6) is 0 Å². The molecular formula is C9H12BNO6. The highest BCUT2D eigenvalue weighted by Crippen LogP contribution is 2.02. The fraction of sp³-hybridized carbons (Fsp3) is 0.222. The first-order valence-corrected chi connectivity index (χ1v) is 4.76. The SMILES string of the molecule is N[C@@H](Cc1ccc(B(OO)OO)cc1)C(=O)O. The summed E-state index contributed by atoms with van der Waals surface area (Å²) in [7, 11) is -1.29. The van der Waals surface area contributed by atoms with Crippen LogP contribution in [0.1, 0.15) is 5.56 Å². The molecule has 5 N–H and O–H groups in total. The number of nitrogens with two attached hydrogens (primary N) is 1. The zero-order valence-electron chi connectivity index (χ0n) is 8.81. The second-order valence-corrected chi connectivity index (χ2v) is 3.43. The van der Waals surface area contributed by atoms with Gasteiger partial charge in [0.1, 0.15) is 6.04 Å². The lowest BCUT2D eigenvalue weighted by Gasteiger charge is -2.08. The Morgan fingerprint density at radius 1 is 1.29 bits per heavy atom. The van der Waals surface area contributed by atoms with E-state index in [1.165, 1.54) is 12.1 Å². The minimum atomic E-state index is -1.29. The van der Waals surface area contributed by atoms with E-state index in [0.717, 1.165) is 0 Å². The van der Waals surface area contributed by atoms with Gasteiger partial charge in [0.05, 0.1) is 0 Å². The predicted octanol–water partition coefficient (Wildman–Crippen LogP) is -0.685. The van der Waals surface area contributed by atoms with E-state index < -0.39 is 19.1 Å². The van der Waals surface area contributed by atoms with E-state index in [1.54, 1.807) is 12.1 Å². The molecule has 0 aliphatic rings. The number of rotatable bonds is 6. The van der Waals surface area contributed by atoms with Crippen molar-refractivity contribution in [1.82, 2.24) is 0 Å². The van der Waals surface area contributed by atoms with Gasteiger partial charge in [0.2, 0.25) is 0 Å². The summed E-state index contributed by atoms with van der Waals surface area (Å²) >= 11 is 0. The summed E-state index contributed by atoms with van der Waals surface area (Å²) in [6.45, 7) is 0. The number of carbonyl (C=O) groups is 1. The minimum absolute atomic E-state index is 0.181. The molecule has 0 radical (unpaired) electrons. The minimum Gasteiger partial charge on any atom is -0.480 e. The molecule has 0 bridgehead atoms. The van der Waals surface area contributed by atoms with Crippen molar-refractivity contribution in [3.8, 4) is 0 Å². The molecule has 0 aliphatic heterocycles. The highest BCUT2D eigenvalue weighted by molar-refractivity contribution is 6.60. The molecule has 17 heavy (non-hydrogen) atoms. The quantitative estimate of drug-likeness (QED) is 0.295. The average molecular weight is 241 g/mol. The Morgan fingerprint density at radius 3 is 2.24 bits per heavy atom. The first kappa shape index (κ1) is 13.6. The van der Waals surface area contributed by atoms with E-state index in [9.17, 15) is 4.79 Å². The van der Waals surface area contributed by atoms with Gasteiger partial charge in [0.15, 0.2) is 0 Å². The zero-order valence-corrected chi connectivity index (χ0v) is 8.81. The van der Waals surface area contributed by atoms with Crippen molar-refractivity contribution in [2.45, 2.75) is 12.5 Å². The lowest BCUT2D eigenvalue weighted by Crippen LogP contribution is -2.35. The van der Waals surface area contributed by atoms with Crippen LogP contribution in [0.4, 0.5) is 0 Å². The topological polar surface area (TPSA) is 122 Å². The summed E-state index contributed by atoms with van der Waals surface area (Å²) in [6.07, 6.45) is 0.181. The Labute approximate surface area is 97.4 Å². The third-order valence-electron chi connectivity index (χ3n) is 2.22. The van der Waals surface area contributed by atoms with Crippen molar-refractivity contribution in [2.75, 3.05) is 0 Å². The van der Waals surface area contributed by atoms with Crippen LogP contribution in [0.3, 0.4) is 0 Å². The van der Waals surface area contributed by atoms with Gasteiger partial charge in [0, 0.05) is 0 Å². The number of carboxylic acids is 1. The first-order valence-electron chi connectivity index (χ1n) is 4.76. The number of hydrogen-bond donors (Lipinski definition) is 4. The van der Waals surface area contributed by atoms with Gasteiger partial charge in [0.25, 0.3) is 0 Å². The molecule has 92 valence electrons. The van der Waals surface area contributed by atoms with Gasteiger partial charge in [-0.15, -0.1) is 0 Å². The predicted molar refractivity (Wildman–Crippen MR) is 58.6 cm³/mol. The van der Waals surface area contributed by atoms with Crippen molar-refractivity contribution >= 4 is 18.6 Å². The maximum absolute atomic E-state index is 10.5. The molecule has 0 unspecified atom stereocenters. The van der Waals surface area contributed by atoms with Gasteiger partial charge in [-0.2, -0.15) is 0 Å². The van der Waals surface area contributed by atoms with E-state index in [-0.39, 0.29) is 6.42 Å². The van der Waals surface area contributed by atoms with Crippen LogP contribution < -0.4 is 11.2 Å². The maximum Gasteiger partial charge on any atom is 0.554 e. The van der Waals surface area contributed by atoms with Crippen LogP contribution in [0.15, 0.2) is 24.3 Å². The monoisotopic (exact) mass is 241 g/mol. The fourth-order valence-electron chi connectivity index (χ4n) is 1.29. The Kier molecular flexibility index (Phi) is 5.07. The second kappa shape index (κ2) is 6.33. The summed E-state index contributed by atoms with van der Waals surface area (Å²) in [5.74, 6) is -1.08. The number of aliphatic carboxylic acids is 1. The molecule has 1 rings (SSSR count). The highest BCUT2D eigenvalue weighted by atomic mass is 17.2. The third-order valence-corrected chi connectivity index (χ3v) is 2.22. The van der Waals surface area contributed by atoms with E-state index in [1.807, 2.05) is 0 Å². The van der Waals surface area contributed by atoms with E-state index in [4.69, 9.17) is 21.4 Å². The Balaban J connectivity index is 2.71. The standard InChI is InChI=1S/C9H12BNO6/c11-8(9(12)13)5-6-1-3-7(4-2-6)10(16-14)17-15/h1-4,8,14-15H,5,11H2,(H,12,13)/t8-/m0/s1. The smallest absolute Gasteiger partial charge is 0.480 e. The molecule has 0 spiro atoms. The zero-order chi connectivity index (χ0) is 12.8. The van der Waals surface area contributed by atoms with E-state index >= 15 is 0 Å². The van der Waals surface area contributed by atoms with Gasteiger partial charge in [-0.1, -0.05) is 24.3 Å². The fourth-order valence-corrected chi connectivity index (χ4v) is 1.29. The van der Waals surface area contributed by atoms with E-state index in [2.05, 4.69) is 9.61 Å². The van der Waals surface area contributed by atoms with Crippen molar-refractivity contribution in [3.63, 3.8) is 0 Å². The molecule has 0 saturated carbocycles. The van der Waals surface area contributed by atoms with Crippen LogP contribution in [-0.4, -0.2) is 34.8 Å². The second-order valence-electron chi connectivity index (χ2n) is 3.43. The summed E-state index contributed by atoms with van der Waals surface area (Å²) in [6, 6.07) is 5.26. The van der Waals surface area contributed by atoms with Crippen molar-refractivity contribution in [1.29, 1.82) is 0 Å². The van der Waals surface area contributed by atoms with Crippen molar-refractivity contribution < 1.29 is 30.0 Å². The largest absolute Gasteiger partial charge is 0.554 e. The highest BCUT2D eigenvalue weighted by Gasteiger charge is 2.22. The van der Waals surface area contributed by atoms with E-state index in [0.29, 0.717) is 11.0 Å².